The molecule has 0 aliphatic heterocycles. The number of anilines is 1. The van der Waals surface area contributed by atoms with E-state index in [1.54, 1.807) is 0 Å². The van der Waals surface area contributed by atoms with E-state index in [0.717, 1.165) is 31.7 Å². The zero-order valence-corrected chi connectivity index (χ0v) is 17.8. The molecule has 1 aromatic carbocycles. The molecule has 2 rings (SSSR count). The molecule has 1 fully saturated rings. The Kier molecular flexibility index (Phi) is 7.40. The maximum absolute atomic E-state index is 12.5. The summed E-state index contributed by atoms with van der Waals surface area (Å²) in [5.41, 5.74) is -0.0509. The molecule has 158 valence electrons. The molecule has 0 amide bonds. The van der Waals surface area contributed by atoms with Crippen LogP contribution in [0.1, 0.15) is 39.5 Å². The Morgan fingerprint density at radius 2 is 1.79 bits per heavy atom. The average Bonchev–Trinajstić information content (AvgIpc) is 2.66. The van der Waals surface area contributed by atoms with Crippen molar-refractivity contribution < 1.29 is 17.6 Å². The average molecular weight is 433 g/mol. The number of nitro benzene ring substituents is 1. The summed E-state index contributed by atoms with van der Waals surface area (Å²) in [6.45, 7) is 4.34. The third kappa shape index (κ3) is 5.89. The highest BCUT2D eigenvalue weighted by molar-refractivity contribution is 7.93. The van der Waals surface area contributed by atoms with Crippen LogP contribution in [-0.4, -0.2) is 41.6 Å². The highest BCUT2D eigenvalue weighted by Gasteiger charge is 2.24. The first-order chi connectivity index (χ1) is 13.1. The summed E-state index contributed by atoms with van der Waals surface area (Å²) in [5, 5.41) is 19.4. The minimum Gasteiger partial charge on any atom is -0.379 e. The van der Waals surface area contributed by atoms with E-state index >= 15 is 0 Å². The van der Waals surface area contributed by atoms with Gasteiger partial charge in [-0.3, -0.25) is 10.1 Å². The number of nitrogens with one attached hydrogen (secondary N) is 1. The molecule has 3 N–H and O–H groups in total. The van der Waals surface area contributed by atoms with Crippen LogP contribution in [0.4, 0.5) is 11.4 Å². The highest BCUT2D eigenvalue weighted by Crippen LogP contribution is 2.30. The van der Waals surface area contributed by atoms with Gasteiger partial charge in [-0.1, -0.05) is 13.8 Å². The Morgan fingerprint density at radius 1 is 1.18 bits per heavy atom. The first-order valence-electron chi connectivity index (χ1n) is 9.34. The van der Waals surface area contributed by atoms with Crippen LogP contribution in [0, 0.1) is 16.0 Å². The molecule has 0 heterocycles. The van der Waals surface area contributed by atoms with Crippen molar-refractivity contribution >= 4 is 31.1 Å². The van der Waals surface area contributed by atoms with Gasteiger partial charge in [-0.05, 0) is 43.7 Å². The van der Waals surface area contributed by atoms with Gasteiger partial charge in [0.05, 0.1) is 15.9 Å². The first kappa shape index (κ1) is 22.6. The van der Waals surface area contributed by atoms with Crippen molar-refractivity contribution in [3.05, 3.63) is 28.3 Å². The van der Waals surface area contributed by atoms with Gasteiger partial charge >= 0.3 is 0 Å². The second-order valence-electron chi connectivity index (χ2n) is 6.99. The van der Waals surface area contributed by atoms with Gasteiger partial charge in [0.25, 0.3) is 5.69 Å². The van der Waals surface area contributed by atoms with Crippen LogP contribution < -0.4 is 10.5 Å². The fraction of sp³-hybridized carbons (Fsp3) is 0.647. The summed E-state index contributed by atoms with van der Waals surface area (Å²) >= 11 is 0. The lowest BCUT2D eigenvalue weighted by atomic mass is 9.86. The van der Waals surface area contributed by atoms with Crippen LogP contribution in [0.5, 0.6) is 0 Å². The number of sulfonamides is 1. The van der Waals surface area contributed by atoms with E-state index in [-0.39, 0.29) is 22.3 Å². The number of nitrogens with two attached hydrogens (primary N) is 1. The third-order valence-electron chi connectivity index (χ3n) is 5.14. The predicted octanol–water partition coefficient (Wildman–Crippen LogP) is 2.72. The van der Waals surface area contributed by atoms with E-state index in [2.05, 4.69) is 9.68 Å². The zero-order chi connectivity index (χ0) is 20.9. The van der Waals surface area contributed by atoms with Crippen LogP contribution in [0.25, 0.3) is 0 Å². The van der Waals surface area contributed by atoms with Crippen molar-refractivity contribution in [1.82, 2.24) is 0 Å². The van der Waals surface area contributed by atoms with E-state index in [1.807, 2.05) is 13.8 Å². The molecule has 0 radical (unpaired) electrons. The molecule has 28 heavy (non-hydrogen) atoms. The van der Waals surface area contributed by atoms with E-state index in [9.17, 15) is 22.7 Å². The molecule has 0 aromatic heterocycles. The van der Waals surface area contributed by atoms with Crippen molar-refractivity contribution in [2.45, 2.75) is 50.5 Å². The molecule has 0 spiro atoms. The van der Waals surface area contributed by atoms with E-state index in [0.29, 0.717) is 24.0 Å². The SMILES string of the molecule is CCS(=O)(CC)=NC1CCC(CNc2ccc(S(N)(=O)=O)cc2[N+](=O)[O-])CC1. The van der Waals surface area contributed by atoms with Crippen molar-refractivity contribution in [3.8, 4) is 0 Å². The fourth-order valence-electron chi connectivity index (χ4n) is 3.32. The molecule has 9 nitrogen and oxygen atoms in total. The number of rotatable bonds is 8. The Morgan fingerprint density at radius 3 is 2.29 bits per heavy atom. The monoisotopic (exact) mass is 432 g/mol. The molecular weight excluding hydrogens is 404 g/mol. The Labute approximate surface area is 166 Å². The second kappa shape index (κ2) is 9.19. The van der Waals surface area contributed by atoms with Gasteiger partial charge in [0.15, 0.2) is 0 Å². The van der Waals surface area contributed by atoms with Crippen LogP contribution >= 0.6 is 0 Å². The Hall–Kier alpha value is -1.72. The number of benzene rings is 1. The summed E-state index contributed by atoms with van der Waals surface area (Å²) < 4.78 is 39.9. The summed E-state index contributed by atoms with van der Waals surface area (Å²) in [6.07, 6.45) is 3.51. The predicted molar refractivity (Wildman–Crippen MR) is 110 cm³/mol. The lowest BCUT2D eigenvalue weighted by Crippen LogP contribution is -2.24. The summed E-state index contributed by atoms with van der Waals surface area (Å²) in [7, 11) is -6.10. The van der Waals surface area contributed by atoms with Crippen molar-refractivity contribution in [2.75, 3.05) is 23.4 Å². The maximum Gasteiger partial charge on any atom is 0.293 e. The minimum atomic E-state index is -4.00. The van der Waals surface area contributed by atoms with E-state index < -0.39 is 24.7 Å². The summed E-state index contributed by atoms with van der Waals surface area (Å²) in [4.78, 5) is 10.4. The molecule has 1 aliphatic rings. The zero-order valence-electron chi connectivity index (χ0n) is 16.2. The summed E-state index contributed by atoms with van der Waals surface area (Å²) in [6, 6.07) is 3.72. The lowest BCUT2D eigenvalue weighted by Gasteiger charge is -2.27. The van der Waals surface area contributed by atoms with Gasteiger partial charge in [-0.25, -0.2) is 22.1 Å². The molecule has 1 aromatic rings. The van der Waals surface area contributed by atoms with Crippen LogP contribution in [0.15, 0.2) is 27.5 Å². The van der Waals surface area contributed by atoms with Crippen molar-refractivity contribution in [1.29, 1.82) is 0 Å². The fourth-order valence-corrected chi connectivity index (χ4v) is 5.32. The van der Waals surface area contributed by atoms with E-state index in [4.69, 9.17) is 5.14 Å². The minimum absolute atomic E-state index is 0.118. The normalized spacial score (nSPS) is 20.5. The lowest BCUT2D eigenvalue weighted by molar-refractivity contribution is -0.384. The Bertz CT molecular complexity index is 921. The second-order valence-corrected chi connectivity index (χ2v) is 11.5. The quantitative estimate of drug-likeness (QED) is 0.477. The number of hydrogen-bond acceptors (Lipinski definition) is 7. The topological polar surface area (TPSA) is 145 Å². The highest BCUT2D eigenvalue weighted by atomic mass is 32.2. The molecule has 11 heteroatoms. The number of nitrogens with zero attached hydrogens (tertiary/aromatic N) is 2. The van der Waals surface area contributed by atoms with Gasteiger partial charge in [-0.2, -0.15) is 0 Å². The van der Waals surface area contributed by atoms with Gasteiger partial charge in [0.1, 0.15) is 5.69 Å². The van der Waals surface area contributed by atoms with Gasteiger partial charge in [0, 0.05) is 33.8 Å². The number of hydrogen-bond donors (Lipinski definition) is 2. The molecule has 1 saturated carbocycles. The van der Waals surface area contributed by atoms with Gasteiger partial charge in [-0.15, -0.1) is 0 Å². The third-order valence-corrected chi connectivity index (χ3v) is 8.53. The number of nitro groups is 1. The smallest absolute Gasteiger partial charge is 0.293 e. The maximum atomic E-state index is 12.5. The number of primary sulfonamides is 1. The van der Waals surface area contributed by atoms with E-state index in [1.165, 1.54) is 12.1 Å². The van der Waals surface area contributed by atoms with Crippen LogP contribution in [-0.2, 0) is 19.8 Å². The van der Waals surface area contributed by atoms with Crippen LogP contribution in [0.2, 0.25) is 0 Å². The Balaban J connectivity index is 2.01. The largest absolute Gasteiger partial charge is 0.379 e. The molecule has 1 aliphatic carbocycles. The standard InChI is InChI=1S/C17H28N4O5S2/c1-3-27(24,4-2)20-14-7-5-13(6-8-14)12-19-16-10-9-15(28(18,25)26)11-17(16)21(22)23/h9-11,13-14,19H,3-8,12H2,1-2H3,(H2,18,25,26). The van der Waals surface area contributed by atoms with Gasteiger partial charge in [0.2, 0.25) is 10.0 Å². The molecule has 0 unspecified atom stereocenters. The molecule has 0 saturated heterocycles. The van der Waals surface area contributed by atoms with Gasteiger partial charge < -0.3 is 5.32 Å². The molecule has 0 atom stereocenters. The first-order valence-corrected chi connectivity index (χ1v) is 12.7. The molecular formula is C17H28N4O5S2. The van der Waals surface area contributed by atoms with Crippen molar-refractivity contribution in [2.24, 2.45) is 15.4 Å². The van der Waals surface area contributed by atoms with Crippen molar-refractivity contribution in [3.63, 3.8) is 0 Å². The van der Waals surface area contributed by atoms with Crippen LogP contribution in [0.3, 0.4) is 0 Å². The summed E-state index contributed by atoms with van der Waals surface area (Å²) in [5.74, 6) is 1.47. The molecule has 0 bridgehead atoms.